The summed E-state index contributed by atoms with van der Waals surface area (Å²) in [5, 5.41) is 12.3. The standard InChI is InChI=1S/C15H17N3O/c1-11-4-5-15(19-3)14(6-11)17-9-12-7-13(8-16)18(2)10-12/h4-7,10,17H,9H2,1-3H3. The Labute approximate surface area is 113 Å². The van der Waals surface area contributed by atoms with Gasteiger partial charge in [0.1, 0.15) is 17.5 Å². The second-order valence-electron chi connectivity index (χ2n) is 4.51. The summed E-state index contributed by atoms with van der Waals surface area (Å²) in [6.07, 6.45) is 1.95. The monoisotopic (exact) mass is 255 g/mol. The average molecular weight is 255 g/mol. The van der Waals surface area contributed by atoms with E-state index in [0.717, 1.165) is 17.0 Å². The lowest BCUT2D eigenvalue weighted by Crippen LogP contribution is -2.01. The molecule has 1 N–H and O–H groups in total. The number of anilines is 1. The predicted octanol–water partition coefficient (Wildman–Crippen LogP) is 2.83. The molecule has 0 spiro atoms. The number of aryl methyl sites for hydroxylation is 2. The summed E-state index contributed by atoms with van der Waals surface area (Å²) >= 11 is 0. The van der Waals surface area contributed by atoms with Crippen LogP contribution in [0.2, 0.25) is 0 Å². The highest BCUT2D eigenvalue weighted by atomic mass is 16.5. The minimum absolute atomic E-state index is 0.660. The summed E-state index contributed by atoms with van der Waals surface area (Å²) < 4.78 is 7.14. The molecule has 0 bridgehead atoms. The van der Waals surface area contributed by atoms with Gasteiger partial charge in [0.15, 0.2) is 0 Å². The molecular weight excluding hydrogens is 238 g/mol. The Hall–Kier alpha value is -2.41. The van der Waals surface area contributed by atoms with E-state index in [1.165, 1.54) is 5.56 Å². The van der Waals surface area contributed by atoms with Gasteiger partial charge in [-0.1, -0.05) is 6.07 Å². The van der Waals surface area contributed by atoms with Gasteiger partial charge in [0.2, 0.25) is 0 Å². The first kappa shape index (κ1) is 13.0. The summed E-state index contributed by atoms with van der Waals surface area (Å²) in [4.78, 5) is 0. The molecule has 1 aromatic heterocycles. The molecular formula is C15H17N3O. The van der Waals surface area contributed by atoms with Crippen LogP contribution in [0.3, 0.4) is 0 Å². The maximum absolute atomic E-state index is 8.92. The molecule has 0 aliphatic heterocycles. The first-order valence-electron chi connectivity index (χ1n) is 6.08. The van der Waals surface area contributed by atoms with Crippen LogP contribution in [0.4, 0.5) is 5.69 Å². The minimum Gasteiger partial charge on any atom is -0.495 e. The molecule has 0 aliphatic carbocycles. The topological polar surface area (TPSA) is 50.0 Å². The first-order chi connectivity index (χ1) is 9.13. The van der Waals surface area contributed by atoms with Gasteiger partial charge in [-0.3, -0.25) is 0 Å². The molecule has 0 fully saturated rings. The highest BCUT2D eigenvalue weighted by Crippen LogP contribution is 2.25. The van der Waals surface area contributed by atoms with Gasteiger partial charge >= 0.3 is 0 Å². The normalized spacial score (nSPS) is 10.0. The Morgan fingerprint density at radius 2 is 2.16 bits per heavy atom. The van der Waals surface area contributed by atoms with Crippen molar-refractivity contribution in [1.29, 1.82) is 5.26 Å². The quantitative estimate of drug-likeness (QED) is 0.914. The highest BCUT2D eigenvalue weighted by molar-refractivity contribution is 5.58. The zero-order chi connectivity index (χ0) is 13.8. The molecule has 1 aromatic carbocycles. The number of hydrogen-bond donors (Lipinski definition) is 1. The van der Waals surface area contributed by atoms with Gasteiger partial charge in [0.25, 0.3) is 0 Å². The van der Waals surface area contributed by atoms with Crippen molar-refractivity contribution in [3.05, 3.63) is 47.3 Å². The van der Waals surface area contributed by atoms with Crippen molar-refractivity contribution in [2.24, 2.45) is 7.05 Å². The molecule has 0 aliphatic rings. The Morgan fingerprint density at radius 3 is 2.79 bits per heavy atom. The fraction of sp³-hybridized carbons (Fsp3) is 0.267. The third kappa shape index (κ3) is 2.89. The maximum Gasteiger partial charge on any atom is 0.141 e. The van der Waals surface area contributed by atoms with Gasteiger partial charge in [-0.2, -0.15) is 5.26 Å². The lowest BCUT2D eigenvalue weighted by Gasteiger charge is -2.11. The fourth-order valence-corrected chi connectivity index (χ4v) is 2.00. The van der Waals surface area contributed by atoms with Crippen LogP contribution in [-0.2, 0) is 13.6 Å². The van der Waals surface area contributed by atoms with Crippen LogP contribution in [0.1, 0.15) is 16.8 Å². The third-order valence-electron chi connectivity index (χ3n) is 3.01. The molecule has 2 rings (SSSR count). The van der Waals surface area contributed by atoms with Crippen LogP contribution in [0, 0.1) is 18.3 Å². The van der Waals surface area contributed by atoms with Gasteiger partial charge in [0, 0.05) is 19.8 Å². The molecule has 19 heavy (non-hydrogen) atoms. The Morgan fingerprint density at radius 1 is 1.37 bits per heavy atom. The Bertz CT molecular complexity index is 623. The summed E-state index contributed by atoms with van der Waals surface area (Å²) in [5.41, 5.74) is 3.87. The second-order valence-corrected chi connectivity index (χ2v) is 4.51. The van der Waals surface area contributed by atoms with E-state index in [1.54, 1.807) is 7.11 Å². The molecule has 4 nitrogen and oxygen atoms in total. The van der Waals surface area contributed by atoms with E-state index in [4.69, 9.17) is 10.00 Å². The molecule has 1 heterocycles. The van der Waals surface area contributed by atoms with Crippen LogP contribution >= 0.6 is 0 Å². The van der Waals surface area contributed by atoms with Crippen molar-refractivity contribution in [2.75, 3.05) is 12.4 Å². The number of nitrogens with zero attached hydrogens (tertiary/aromatic N) is 2. The molecule has 0 unspecified atom stereocenters. The number of aromatic nitrogens is 1. The number of hydrogen-bond acceptors (Lipinski definition) is 3. The Kier molecular flexibility index (Phi) is 3.76. The van der Waals surface area contributed by atoms with Crippen LogP contribution < -0.4 is 10.1 Å². The van der Waals surface area contributed by atoms with Gasteiger partial charge < -0.3 is 14.6 Å². The average Bonchev–Trinajstić information content (AvgIpc) is 2.77. The molecule has 0 atom stereocenters. The van der Waals surface area contributed by atoms with E-state index in [1.807, 2.05) is 49.0 Å². The van der Waals surface area contributed by atoms with E-state index in [-0.39, 0.29) is 0 Å². The largest absolute Gasteiger partial charge is 0.495 e. The van der Waals surface area contributed by atoms with Gasteiger partial charge in [-0.15, -0.1) is 0 Å². The van der Waals surface area contributed by atoms with E-state index in [9.17, 15) is 0 Å². The lowest BCUT2D eigenvalue weighted by molar-refractivity contribution is 0.416. The number of nitrogens with one attached hydrogen (secondary N) is 1. The van der Waals surface area contributed by atoms with Gasteiger partial charge in [-0.25, -0.2) is 0 Å². The fourth-order valence-electron chi connectivity index (χ4n) is 2.00. The third-order valence-corrected chi connectivity index (χ3v) is 3.01. The van der Waals surface area contributed by atoms with Crippen LogP contribution in [0.25, 0.3) is 0 Å². The molecule has 2 aromatic rings. The lowest BCUT2D eigenvalue weighted by atomic mass is 10.2. The number of ether oxygens (including phenoxy) is 1. The van der Waals surface area contributed by atoms with E-state index >= 15 is 0 Å². The SMILES string of the molecule is COc1ccc(C)cc1NCc1cc(C#N)n(C)c1. The van der Waals surface area contributed by atoms with E-state index in [0.29, 0.717) is 12.2 Å². The summed E-state index contributed by atoms with van der Waals surface area (Å²) in [6.45, 7) is 2.70. The number of nitriles is 1. The van der Waals surface area contributed by atoms with Crippen molar-refractivity contribution in [3.8, 4) is 11.8 Å². The predicted molar refractivity (Wildman–Crippen MR) is 75.2 cm³/mol. The summed E-state index contributed by atoms with van der Waals surface area (Å²) in [5.74, 6) is 0.821. The highest BCUT2D eigenvalue weighted by Gasteiger charge is 2.05. The van der Waals surface area contributed by atoms with Crippen molar-refractivity contribution in [1.82, 2.24) is 4.57 Å². The van der Waals surface area contributed by atoms with Gasteiger partial charge in [-0.05, 0) is 36.2 Å². The van der Waals surface area contributed by atoms with Gasteiger partial charge in [0.05, 0.1) is 12.8 Å². The first-order valence-corrected chi connectivity index (χ1v) is 6.08. The van der Waals surface area contributed by atoms with E-state index < -0.39 is 0 Å². The van der Waals surface area contributed by atoms with Crippen LogP contribution in [0.15, 0.2) is 30.5 Å². The van der Waals surface area contributed by atoms with Crippen molar-refractivity contribution >= 4 is 5.69 Å². The van der Waals surface area contributed by atoms with Crippen molar-refractivity contribution in [2.45, 2.75) is 13.5 Å². The Balaban J connectivity index is 2.14. The van der Waals surface area contributed by atoms with E-state index in [2.05, 4.69) is 11.4 Å². The molecule has 0 radical (unpaired) electrons. The number of benzene rings is 1. The maximum atomic E-state index is 8.92. The molecule has 0 amide bonds. The zero-order valence-corrected chi connectivity index (χ0v) is 11.4. The molecule has 0 saturated heterocycles. The van der Waals surface area contributed by atoms with Crippen LogP contribution in [0.5, 0.6) is 5.75 Å². The summed E-state index contributed by atoms with van der Waals surface area (Å²) in [7, 11) is 3.53. The molecule has 98 valence electrons. The smallest absolute Gasteiger partial charge is 0.141 e. The molecule has 4 heteroatoms. The zero-order valence-electron chi connectivity index (χ0n) is 11.4. The van der Waals surface area contributed by atoms with Crippen LogP contribution in [-0.4, -0.2) is 11.7 Å². The second kappa shape index (κ2) is 5.49. The van der Waals surface area contributed by atoms with Crippen molar-refractivity contribution in [3.63, 3.8) is 0 Å². The number of methoxy groups -OCH3 is 1. The number of rotatable bonds is 4. The summed E-state index contributed by atoms with van der Waals surface area (Å²) in [6, 6.07) is 10.1. The molecule has 0 saturated carbocycles. The van der Waals surface area contributed by atoms with Crippen molar-refractivity contribution < 1.29 is 4.74 Å². The minimum atomic E-state index is 0.660.